The minimum absolute atomic E-state index is 0.0187. The Bertz CT molecular complexity index is 1070. The summed E-state index contributed by atoms with van der Waals surface area (Å²) in [5.74, 6) is 0.348. The van der Waals surface area contributed by atoms with Crippen LogP contribution < -0.4 is 15.5 Å². The van der Waals surface area contributed by atoms with Crippen LogP contribution >= 0.6 is 11.6 Å². The fraction of sp³-hybridized carbons (Fsp3) is 0.158. The number of benzene rings is 1. The molecule has 3 heterocycles. The molecule has 0 saturated carbocycles. The van der Waals surface area contributed by atoms with E-state index in [9.17, 15) is 9.18 Å². The van der Waals surface area contributed by atoms with E-state index >= 15 is 0 Å². The van der Waals surface area contributed by atoms with Crippen molar-refractivity contribution >= 4 is 45.9 Å². The van der Waals surface area contributed by atoms with Gasteiger partial charge in [-0.2, -0.15) is 0 Å². The molecule has 0 aliphatic carbocycles. The highest BCUT2D eigenvalue weighted by Gasteiger charge is 2.28. The maximum absolute atomic E-state index is 14.2. The van der Waals surface area contributed by atoms with Crippen LogP contribution in [0.4, 0.5) is 21.7 Å². The molecule has 0 spiro atoms. The van der Waals surface area contributed by atoms with E-state index in [0.717, 1.165) is 5.82 Å². The van der Waals surface area contributed by atoms with E-state index in [-0.39, 0.29) is 22.7 Å². The van der Waals surface area contributed by atoms with Crippen molar-refractivity contribution in [1.29, 1.82) is 0 Å². The third-order valence-electron chi connectivity index (χ3n) is 4.41. The van der Waals surface area contributed by atoms with E-state index in [1.807, 2.05) is 17.0 Å². The van der Waals surface area contributed by atoms with Crippen molar-refractivity contribution in [3.05, 3.63) is 60.2 Å². The van der Waals surface area contributed by atoms with Gasteiger partial charge in [0.1, 0.15) is 17.7 Å². The number of anilines is 3. The van der Waals surface area contributed by atoms with Crippen molar-refractivity contribution in [2.75, 3.05) is 23.3 Å². The number of rotatable bonds is 5. The minimum atomic E-state index is -0.560. The van der Waals surface area contributed by atoms with Gasteiger partial charge in [0.25, 0.3) is 0 Å². The lowest BCUT2D eigenvalue weighted by Gasteiger charge is -2.40. The molecule has 7 nitrogen and oxygen atoms in total. The normalized spacial score (nSPS) is 13.9. The molecule has 2 N–H and O–H groups in total. The Kier molecular flexibility index (Phi) is 4.79. The van der Waals surface area contributed by atoms with Crippen LogP contribution in [0.15, 0.2) is 49.3 Å². The Balaban J connectivity index is 1.59. The number of aromatic nitrogens is 3. The monoisotopic (exact) mass is 398 g/mol. The molecule has 0 radical (unpaired) electrons. The molecular weight excluding hydrogens is 383 g/mol. The summed E-state index contributed by atoms with van der Waals surface area (Å²) in [7, 11) is 0. The van der Waals surface area contributed by atoms with Crippen molar-refractivity contribution < 1.29 is 9.18 Å². The zero-order chi connectivity index (χ0) is 19.7. The first-order valence-corrected chi connectivity index (χ1v) is 8.93. The molecule has 1 aliphatic heterocycles. The van der Waals surface area contributed by atoms with Gasteiger partial charge in [-0.1, -0.05) is 24.2 Å². The summed E-state index contributed by atoms with van der Waals surface area (Å²) >= 11 is 5.85. The third kappa shape index (κ3) is 3.46. The quantitative estimate of drug-likeness (QED) is 0.643. The number of pyridine rings is 1. The van der Waals surface area contributed by atoms with E-state index in [4.69, 9.17) is 11.6 Å². The van der Waals surface area contributed by atoms with Gasteiger partial charge < -0.3 is 15.5 Å². The maximum atomic E-state index is 14.2. The molecule has 2 aromatic heterocycles. The Labute approximate surface area is 165 Å². The van der Waals surface area contributed by atoms with Crippen molar-refractivity contribution in [1.82, 2.24) is 20.3 Å². The lowest BCUT2D eigenvalue weighted by Crippen LogP contribution is -2.59. The summed E-state index contributed by atoms with van der Waals surface area (Å²) in [6.45, 7) is 4.72. The summed E-state index contributed by atoms with van der Waals surface area (Å²) in [4.78, 5) is 26.4. The molecule has 1 amide bonds. The second kappa shape index (κ2) is 7.40. The van der Waals surface area contributed by atoms with Crippen LogP contribution in [0.1, 0.15) is 0 Å². The number of carbonyl (C=O) groups excluding carboxylic acids is 1. The molecule has 1 aliphatic rings. The Morgan fingerprint density at radius 1 is 1.29 bits per heavy atom. The summed E-state index contributed by atoms with van der Waals surface area (Å²) in [6.07, 6.45) is 2.64. The molecule has 0 bridgehead atoms. The number of nitrogens with zero attached hydrogens (tertiary/aromatic N) is 4. The number of halogens is 2. The first kappa shape index (κ1) is 18.1. The maximum Gasteiger partial charge on any atom is 0.243 e. The van der Waals surface area contributed by atoms with Crippen LogP contribution in [-0.2, 0) is 4.79 Å². The van der Waals surface area contributed by atoms with Crippen LogP contribution in [0, 0.1) is 5.82 Å². The SMILES string of the molecule is C=CC(=O)NC1CN(c2ccc3ncnc(Nc4cccc(Cl)c4F)c3n2)C1. The summed E-state index contributed by atoms with van der Waals surface area (Å²) < 4.78 is 14.2. The van der Waals surface area contributed by atoms with Gasteiger partial charge in [0.2, 0.25) is 5.91 Å². The lowest BCUT2D eigenvalue weighted by atomic mass is 10.1. The highest BCUT2D eigenvalue weighted by Crippen LogP contribution is 2.29. The number of amides is 1. The molecule has 1 fully saturated rings. The zero-order valence-corrected chi connectivity index (χ0v) is 15.4. The van der Waals surface area contributed by atoms with Gasteiger partial charge in [0.05, 0.1) is 22.3 Å². The molecule has 142 valence electrons. The Morgan fingerprint density at radius 3 is 2.89 bits per heavy atom. The smallest absolute Gasteiger partial charge is 0.243 e. The molecule has 4 rings (SSSR count). The van der Waals surface area contributed by atoms with Crippen LogP contribution in [-0.4, -0.2) is 40.0 Å². The highest BCUT2D eigenvalue weighted by molar-refractivity contribution is 6.31. The Hall–Kier alpha value is -3.26. The molecule has 0 atom stereocenters. The largest absolute Gasteiger partial charge is 0.352 e. The van der Waals surface area contributed by atoms with Gasteiger partial charge in [-0.05, 0) is 30.3 Å². The third-order valence-corrected chi connectivity index (χ3v) is 4.70. The standard InChI is InChI=1S/C19H16ClFN6O/c1-2-16(28)24-11-8-27(9-11)15-7-6-14-18(26-15)19(23-10-22-14)25-13-5-3-4-12(20)17(13)21/h2-7,10-11H,1,8-9H2,(H,24,28)(H,22,23,25). The predicted molar refractivity (Wildman–Crippen MR) is 106 cm³/mol. The average Bonchev–Trinajstić information content (AvgIpc) is 2.67. The van der Waals surface area contributed by atoms with Crippen LogP contribution in [0.2, 0.25) is 5.02 Å². The Morgan fingerprint density at radius 2 is 2.11 bits per heavy atom. The topological polar surface area (TPSA) is 83.0 Å². The summed E-state index contributed by atoms with van der Waals surface area (Å²) in [6, 6.07) is 8.42. The van der Waals surface area contributed by atoms with Gasteiger partial charge >= 0.3 is 0 Å². The van der Waals surface area contributed by atoms with Crippen LogP contribution in [0.3, 0.4) is 0 Å². The fourth-order valence-electron chi connectivity index (χ4n) is 2.94. The van der Waals surface area contributed by atoms with Crippen molar-refractivity contribution in [3.63, 3.8) is 0 Å². The van der Waals surface area contributed by atoms with Gasteiger partial charge in [-0.25, -0.2) is 19.3 Å². The van der Waals surface area contributed by atoms with Crippen LogP contribution in [0.25, 0.3) is 11.0 Å². The zero-order valence-electron chi connectivity index (χ0n) is 14.7. The van der Waals surface area contributed by atoms with E-state index in [1.54, 1.807) is 12.1 Å². The summed E-state index contributed by atoms with van der Waals surface area (Å²) in [5.41, 5.74) is 1.34. The second-order valence-corrected chi connectivity index (χ2v) is 6.71. The molecular formula is C19H16ClFN6O. The number of hydrogen-bond donors (Lipinski definition) is 2. The van der Waals surface area contributed by atoms with Crippen LogP contribution in [0.5, 0.6) is 0 Å². The molecule has 1 saturated heterocycles. The number of fused-ring (bicyclic) bond motifs is 1. The highest BCUT2D eigenvalue weighted by atomic mass is 35.5. The fourth-order valence-corrected chi connectivity index (χ4v) is 3.12. The van der Waals surface area contributed by atoms with E-state index < -0.39 is 5.82 Å². The molecule has 3 aromatic rings. The second-order valence-electron chi connectivity index (χ2n) is 6.30. The molecule has 0 unspecified atom stereocenters. The van der Waals surface area contributed by atoms with Gasteiger partial charge in [0, 0.05) is 13.1 Å². The van der Waals surface area contributed by atoms with Crippen molar-refractivity contribution in [2.24, 2.45) is 0 Å². The minimum Gasteiger partial charge on any atom is -0.352 e. The summed E-state index contributed by atoms with van der Waals surface area (Å²) in [5, 5.41) is 5.80. The number of hydrogen-bond acceptors (Lipinski definition) is 6. The van der Waals surface area contributed by atoms with E-state index in [1.165, 1.54) is 18.5 Å². The molecule has 9 heteroatoms. The van der Waals surface area contributed by atoms with Crippen molar-refractivity contribution in [3.8, 4) is 0 Å². The van der Waals surface area contributed by atoms with Crippen molar-refractivity contribution in [2.45, 2.75) is 6.04 Å². The molecule has 28 heavy (non-hydrogen) atoms. The molecule has 1 aromatic carbocycles. The predicted octanol–water partition coefficient (Wildman–Crippen LogP) is 3.05. The number of nitrogens with one attached hydrogen (secondary N) is 2. The first-order valence-electron chi connectivity index (χ1n) is 8.56. The van der Waals surface area contributed by atoms with E-state index in [0.29, 0.717) is 29.9 Å². The van der Waals surface area contributed by atoms with Gasteiger partial charge in [0.15, 0.2) is 11.6 Å². The van der Waals surface area contributed by atoms with Gasteiger partial charge in [-0.15, -0.1) is 0 Å². The average molecular weight is 399 g/mol. The first-order chi connectivity index (χ1) is 13.5. The lowest BCUT2D eigenvalue weighted by molar-refractivity contribution is -0.117. The van der Waals surface area contributed by atoms with E-state index in [2.05, 4.69) is 32.2 Å². The van der Waals surface area contributed by atoms with Gasteiger partial charge in [-0.3, -0.25) is 4.79 Å². The number of carbonyl (C=O) groups is 1.